The Labute approximate surface area is 73.4 Å². The van der Waals surface area contributed by atoms with Gasteiger partial charge in [0.05, 0.1) is 6.61 Å². The largest absolute Gasteiger partial charge is 0.385 e. The van der Waals surface area contributed by atoms with Crippen LogP contribution in [0.4, 0.5) is 0 Å². The highest BCUT2D eigenvalue weighted by molar-refractivity contribution is 4.58. The lowest BCUT2D eigenvalue weighted by molar-refractivity contribution is -0.198. The van der Waals surface area contributed by atoms with E-state index in [9.17, 15) is 5.11 Å². The van der Waals surface area contributed by atoms with Crippen molar-refractivity contribution in [3.05, 3.63) is 0 Å². The van der Waals surface area contributed by atoms with Crippen LogP contribution in [0.15, 0.2) is 0 Å². The van der Waals surface area contributed by atoms with E-state index in [4.69, 9.17) is 14.2 Å². The van der Waals surface area contributed by atoms with E-state index in [0.717, 1.165) is 0 Å². The lowest BCUT2D eigenvalue weighted by atomic mass is 10.3. The van der Waals surface area contributed by atoms with E-state index in [2.05, 4.69) is 0 Å². The Balaban J connectivity index is 3.72. The molecule has 0 saturated carbocycles. The molecule has 4 heteroatoms. The average Bonchev–Trinajstić information content (AvgIpc) is 2.04. The van der Waals surface area contributed by atoms with Crippen molar-refractivity contribution < 1.29 is 19.3 Å². The van der Waals surface area contributed by atoms with Crippen LogP contribution in [0.5, 0.6) is 0 Å². The first kappa shape index (κ1) is 11.8. The molecule has 0 unspecified atom stereocenters. The molecule has 0 aliphatic rings. The van der Waals surface area contributed by atoms with Crippen molar-refractivity contribution in [1.29, 1.82) is 0 Å². The van der Waals surface area contributed by atoms with Crippen LogP contribution in [0.1, 0.15) is 13.8 Å². The second-order valence-electron chi connectivity index (χ2n) is 2.30. The van der Waals surface area contributed by atoms with Gasteiger partial charge >= 0.3 is 0 Å². The standard InChI is InChI=1S/C8H18O4/c1-4-11-8(12-5-2)7(9)6-10-3/h7-9H,4-6H2,1-3H3/t7-/m1/s1. The van der Waals surface area contributed by atoms with Gasteiger partial charge in [0.1, 0.15) is 6.10 Å². The summed E-state index contributed by atoms with van der Waals surface area (Å²) in [5.74, 6) is 0. The second-order valence-corrected chi connectivity index (χ2v) is 2.30. The fourth-order valence-electron chi connectivity index (χ4n) is 0.848. The zero-order valence-corrected chi connectivity index (χ0v) is 7.95. The monoisotopic (exact) mass is 178 g/mol. The molecule has 0 fully saturated rings. The van der Waals surface area contributed by atoms with Crippen molar-refractivity contribution in [3.8, 4) is 0 Å². The fourth-order valence-corrected chi connectivity index (χ4v) is 0.848. The van der Waals surface area contributed by atoms with Crippen LogP contribution in [-0.2, 0) is 14.2 Å². The highest BCUT2D eigenvalue weighted by Gasteiger charge is 2.18. The van der Waals surface area contributed by atoms with Gasteiger partial charge in [-0.15, -0.1) is 0 Å². The lowest BCUT2D eigenvalue weighted by Gasteiger charge is -2.21. The van der Waals surface area contributed by atoms with Crippen molar-refractivity contribution >= 4 is 0 Å². The van der Waals surface area contributed by atoms with Gasteiger partial charge in [-0.2, -0.15) is 0 Å². The molecule has 0 saturated heterocycles. The molecule has 0 spiro atoms. The molecule has 1 N–H and O–H groups in total. The van der Waals surface area contributed by atoms with Gasteiger partial charge in [0.25, 0.3) is 0 Å². The van der Waals surface area contributed by atoms with E-state index in [-0.39, 0.29) is 6.61 Å². The summed E-state index contributed by atoms with van der Waals surface area (Å²) in [6, 6.07) is 0. The molecule has 0 aliphatic heterocycles. The number of ether oxygens (including phenoxy) is 3. The minimum absolute atomic E-state index is 0.227. The minimum Gasteiger partial charge on any atom is -0.385 e. The van der Waals surface area contributed by atoms with E-state index in [1.54, 1.807) is 0 Å². The van der Waals surface area contributed by atoms with Crippen LogP contribution in [0, 0.1) is 0 Å². The van der Waals surface area contributed by atoms with Crippen molar-refractivity contribution in [2.75, 3.05) is 26.9 Å². The normalized spacial score (nSPS) is 13.8. The molecular weight excluding hydrogens is 160 g/mol. The van der Waals surface area contributed by atoms with Gasteiger partial charge < -0.3 is 19.3 Å². The summed E-state index contributed by atoms with van der Waals surface area (Å²) in [5, 5.41) is 9.40. The smallest absolute Gasteiger partial charge is 0.185 e. The maximum absolute atomic E-state index is 9.40. The fraction of sp³-hybridized carbons (Fsp3) is 1.00. The Hall–Kier alpha value is -0.160. The minimum atomic E-state index is -0.713. The third-order valence-corrected chi connectivity index (χ3v) is 1.31. The van der Waals surface area contributed by atoms with Crippen LogP contribution in [0.25, 0.3) is 0 Å². The van der Waals surface area contributed by atoms with Crippen LogP contribution >= 0.6 is 0 Å². The van der Waals surface area contributed by atoms with Gasteiger partial charge in [-0.1, -0.05) is 0 Å². The summed E-state index contributed by atoms with van der Waals surface area (Å²) >= 11 is 0. The van der Waals surface area contributed by atoms with Gasteiger partial charge in [-0.25, -0.2) is 0 Å². The van der Waals surface area contributed by atoms with E-state index in [1.807, 2.05) is 13.8 Å². The third-order valence-electron chi connectivity index (χ3n) is 1.31. The Morgan fingerprint density at radius 1 is 1.17 bits per heavy atom. The molecule has 0 heterocycles. The zero-order chi connectivity index (χ0) is 9.40. The molecule has 74 valence electrons. The Kier molecular flexibility index (Phi) is 7.39. The summed E-state index contributed by atoms with van der Waals surface area (Å²) in [7, 11) is 1.53. The average molecular weight is 178 g/mol. The molecule has 0 aliphatic carbocycles. The maximum Gasteiger partial charge on any atom is 0.185 e. The topological polar surface area (TPSA) is 47.9 Å². The van der Waals surface area contributed by atoms with Gasteiger partial charge in [-0.05, 0) is 13.8 Å². The molecular formula is C8H18O4. The van der Waals surface area contributed by atoms with Crippen LogP contribution in [-0.4, -0.2) is 44.4 Å². The summed E-state index contributed by atoms with van der Waals surface area (Å²) < 4.78 is 15.1. The highest BCUT2D eigenvalue weighted by Crippen LogP contribution is 2.02. The van der Waals surface area contributed by atoms with E-state index >= 15 is 0 Å². The number of aliphatic hydroxyl groups excluding tert-OH is 1. The second kappa shape index (κ2) is 7.49. The SMILES string of the molecule is CCOC(OCC)[C@H](O)COC. The molecule has 1 atom stereocenters. The Morgan fingerprint density at radius 2 is 1.67 bits per heavy atom. The predicted octanol–water partition coefficient (Wildman–Crippen LogP) is 0.393. The summed E-state index contributed by atoms with van der Waals surface area (Å²) in [4.78, 5) is 0. The predicted molar refractivity (Wildman–Crippen MR) is 44.9 cm³/mol. The van der Waals surface area contributed by atoms with E-state index in [0.29, 0.717) is 13.2 Å². The Morgan fingerprint density at radius 3 is 2.00 bits per heavy atom. The molecule has 0 bridgehead atoms. The zero-order valence-electron chi connectivity index (χ0n) is 7.95. The van der Waals surface area contributed by atoms with E-state index in [1.165, 1.54) is 7.11 Å². The number of hydrogen-bond acceptors (Lipinski definition) is 4. The van der Waals surface area contributed by atoms with Crippen molar-refractivity contribution in [1.82, 2.24) is 0 Å². The van der Waals surface area contributed by atoms with Gasteiger partial charge in [0.15, 0.2) is 6.29 Å². The van der Waals surface area contributed by atoms with Gasteiger partial charge in [0, 0.05) is 20.3 Å². The number of rotatable bonds is 7. The highest BCUT2D eigenvalue weighted by atomic mass is 16.7. The molecule has 0 radical (unpaired) electrons. The number of hydrogen-bond donors (Lipinski definition) is 1. The molecule has 0 aromatic heterocycles. The molecule has 4 nitrogen and oxygen atoms in total. The quantitative estimate of drug-likeness (QED) is 0.573. The van der Waals surface area contributed by atoms with Crippen molar-refractivity contribution in [2.24, 2.45) is 0 Å². The van der Waals surface area contributed by atoms with Crippen LogP contribution < -0.4 is 0 Å². The Bertz CT molecular complexity index is 91.1. The maximum atomic E-state index is 9.40. The van der Waals surface area contributed by atoms with Crippen LogP contribution in [0.3, 0.4) is 0 Å². The molecule has 0 aromatic rings. The third kappa shape index (κ3) is 4.66. The summed E-state index contributed by atoms with van der Waals surface area (Å²) in [6.07, 6.45) is -1.28. The van der Waals surface area contributed by atoms with E-state index < -0.39 is 12.4 Å². The first-order chi connectivity index (χ1) is 5.76. The molecule has 12 heavy (non-hydrogen) atoms. The summed E-state index contributed by atoms with van der Waals surface area (Å²) in [5.41, 5.74) is 0. The van der Waals surface area contributed by atoms with Crippen LogP contribution in [0.2, 0.25) is 0 Å². The molecule has 0 amide bonds. The number of methoxy groups -OCH3 is 1. The molecule has 0 rings (SSSR count). The van der Waals surface area contributed by atoms with Gasteiger partial charge in [0.2, 0.25) is 0 Å². The first-order valence-corrected chi connectivity index (χ1v) is 4.16. The van der Waals surface area contributed by atoms with Gasteiger partial charge in [-0.3, -0.25) is 0 Å². The van der Waals surface area contributed by atoms with Crippen molar-refractivity contribution in [3.63, 3.8) is 0 Å². The first-order valence-electron chi connectivity index (χ1n) is 4.16. The van der Waals surface area contributed by atoms with Crippen molar-refractivity contribution in [2.45, 2.75) is 26.2 Å². The molecule has 0 aromatic carbocycles. The summed E-state index contributed by atoms with van der Waals surface area (Å²) in [6.45, 7) is 4.97. The number of aliphatic hydroxyl groups is 1. The lowest BCUT2D eigenvalue weighted by Crippen LogP contribution is -2.35.